The summed E-state index contributed by atoms with van der Waals surface area (Å²) in [6.07, 6.45) is -0.478. The maximum Gasteiger partial charge on any atom is 0.411 e. The molecular weight excluding hydrogens is 380 g/mol. The van der Waals surface area contributed by atoms with E-state index in [-0.39, 0.29) is 18.5 Å². The Kier molecular flexibility index (Phi) is 5.41. The quantitative estimate of drug-likeness (QED) is 0.740. The van der Waals surface area contributed by atoms with Gasteiger partial charge < -0.3 is 14.4 Å². The topological polar surface area (TPSA) is 67.9 Å². The normalized spacial score (nSPS) is 22.2. The molecule has 0 radical (unpaired) electrons. The van der Waals surface area contributed by atoms with Gasteiger partial charge in [-0.05, 0) is 62.4 Å². The van der Waals surface area contributed by atoms with Crippen molar-refractivity contribution in [3.8, 4) is 0 Å². The summed E-state index contributed by atoms with van der Waals surface area (Å²) in [7, 11) is 0. The molecular formula is C24H28N2O4. The minimum Gasteiger partial charge on any atom is -0.460 e. The summed E-state index contributed by atoms with van der Waals surface area (Å²) in [6, 6.07) is 17.3. The van der Waals surface area contributed by atoms with Gasteiger partial charge >= 0.3 is 12.1 Å². The lowest BCUT2D eigenvalue weighted by atomic mass is 10.2. The second kappa shape index (κ2) is 8.01. The van der Waals surface area contributed by atoms with E-state index in [4.69, 9.17) is 9.47 Å². The van der Waals surface area contributed by atoms with Gasteiger partial charge in [0.2, 0.25) is 0 Å². The first kappa shape index (κ1) is 20.3. The molecule has 2 fully saturated rings. The summed E-state index contributed by atoms with van der Waals surface area (Å²) in [6.45, 7) is 7.67. The molecule has 1 saturated heterocycles. The van der Waals surface area contributed by atoms with Crippen LogP contribution in [0.15, 0.2) is 54.6 Å². The minimum atomic E-state index is -0.478. The first-order valence-electron chi connectivity index (χ1n) is 10.4. The van der Waals surface area contributed by atoms with Gasteiger partial charge in [-0.25, -0.2) is 4.79 Å². The van der Waals surface area contributed by atoms with Crippen LogP contribution < -0.4 is 10.2 Å². The third-order valence-corrected chi connectivity index (χ3v) is 5.56. The van der Waals surface area contributed by atoms with Crippen LogP contribution in [0.5, 0.6) is 0 Å². The van der Waals surface area contributed by atoms with Crippen molar-refractivity contribution in [2.45, 2.75) is 33.0 Å². The summed E-state index contributed by atoms with van der Waals surface area (Å²) in [5, 5.41) is 2.75. The highest BCUT2D eigenvalue weighted by atomic mass is 16.6. The molecule has 4 rings (SSSR count). The van der Waals surface area contributed by atoms with Crippen LogP contribution in [0.2, 0.25) is 0 Å². The number of nitrogens with zero attached hydrogens (tertiary/aromatic N) is 1. The highest BCUT2D eigenvalue weighted by molar-refractivity contribution is 5.85. The molecule has 1 aliphatic heterocycles. The lowest BCUT2D eigenvalue weighted by molar-refractivity contribution is -0.157. The number of piperidine rings is 1. The average Bonchev–Trinajstić information content (AvgIpc) is 3.21. The maximum atomic E-state index is 12.3. The largest absolute Gasteiger partial charge is 0.460 e. The standard InChI is InChI=1S/C24H28N2O4/c1-24(2,3)30-22(27)21-19-13-26(14-20(19)21)18-11-9-17(10-12-18)25-23(28)29-15-16-7-5-4-6-8-16/h4-12,19-21H,13-15H2,1-3H3,(H,25,28)/t19-,20+,21?. The summed E-state index contributed by atoms with van der Waals surface area (Å²) in [4.78, 5) is 26.5. The third kappa shape index (κ3) is 4.75. The molecule has 0 spiro atoms. The number of amides is 1. The molecule has 1 N–H and O–H groups in total. The van der Waals surface area contributed by atoms with Gasteiger partial charge in [-0.15, -0.1) is 0 Å². The number of carbonyl (C=O) groups excluding carboxylic acids is 2. The SMILES string of the molecule is CC(C)(C)OC(=O)C1[C@H]2CN(c3ccc(NC(=O)OCc4ccccc4)cc3)C[C@@H]12. The zero-order chi connectivity index (χ0) is 21.3. The number of anilines is 2. The predicted molar refractivity (Wildman–Crippen MR) is 115 cm³/mol. The Hall–Kier alpha value is -3.02. The van der Waals surface area contributed by atoms with Gasteiger partial charge in [0.1, 0.15) is 12.2 Å². The van der Waals surface area contributed by atoms with Crippen LogP contribution in [0, 0.1) is 17.8 Å². The van der Waals surface area contributed by atoms with E-state index in [9.17, 15) is 9.59 Å². The van der Waals surface area contributed by atoms with Crippen LogP contribution >= 0.6 is 0 Å². The zero-order valence-electron chi connectivity index (χ0n) is 17.6. The number of esters is 1. The molecule has 2 aromatic rings. The van der Waals surface area contributed by atoms with Gasteiger partial charge in [0.15, 0.2) is 0 Å². The molecule has 6 nitrogen and oxygen atoms in total. The number of rotatable bonds is 5. The Balaban J connectivity index is 1.24. The second-order valence-electron chi connectivity index (χ2n) is 9.03. The molecule has 1 amide bonds. The van der Waals surface area contributed by atoms with Crippen LogP contribution in [0.1, 0.15) is 26.3 Å². The van der Waals surface area contributed by atoms with Crippen molar-refractivity contribution in [3.05, 3.63) is 60.2 Å². The average molecular weight is 408 g/mol. The van der Waals surface area contributed by atoms with Crippen LogP contribution in [0.4, 0.5) is 16.2 Å². The summed E-state index contributed by atoms with van der Waals surface area (Å²) >= 11 is 0. The number of fused-ring (bicyclic) bond motifs is 1. The Labute approximate surface area is 177 Å². The molecule has 1 unspecified atom stereocenters. The lowest BCUT2D eigenvalue weighted by Crippen LogP contribution is -2.30. The number of hydrogen-bond donors (Lipinski definition) is 1. The summed E-state index contributed by atoms with van der Waals surface area (Å²) in [5.41, 5.74) is 2.29. The van der Waals surface area contributed by atoms with E-state index in [1.807, 2.05) is 75.4 Å². The Morgan fingerprint density at radius 3 is 2.23 bits per heavy atom. The highest BCUT2D eigenvalue weighted by Crippen LogP contribution is 2.53. The molecule has 2 aromatic carbocycles. The van der Waals surface area contributed by atoms with Crippen molar-refractivity contribution in [2.24, 2.45) is 17.8 Å². The lowest BCUT2D eigenvalue weighted by Gasteiger charge is -2.24. The molecule has 3 atom stereocenters. The molecule has 30 heavy (non-hydrogen) atoms. The van der Waals surface area contributed by atoms with Crippen molar-refractivity contribution < 1.29 is 19.1 Å². The van der Waals surface area contributed by atoms with Crippen molar-refractivity contribution in [2.75, 3.05) is 23.3 Å². The number of hydrogen-bond acceptors (Lipinski definition) is 5. The third-order valence-electron chi connectivity index (χ3n) is 5.56. The fraction of sp³-hybridized carbons (Fsp3) is 0.417. The Bertz CT molecular complexity index is 893. The minimum absolute atomic E-state index is 0.0424. The van der Waals surface area contributed by atoms with E-state index < -0.39 is 11.7 Å². The van der Waals surface area contributed by atoms with E-state index in [1.54, 1.807) is 0 Å². The molecule has 2 aliphatic rings. The number of ether oxygens (including phenoxy) is 2. The molecule has 1 saturated carbocycles. The van der Waals surface area contributed by atoms with Crippen LogP contribution in [-0.4, -0.2) is 30.8 Å². The van der Waals surface area contributed by atoms with Crippen LogP contribution in [0.25, 0.3) is 0 Å². The first-order valence-corrected chi connectivity index (χ1v) is 10.4. The van der Waals surface area contributed by atoms with Crippen molar-refractivity contribution in [3.63, 3.8) is 0 Å². The van der Waals surface area contributed by atoms with Gasteiger partial charge in [-0.3, -0.25) is 10.1 Å². The molecule has 158 valence electrons. The van der Waals surface area contributed by atoms with E-state index in [0.29, 0.717) is 17.5 Å². The maximum absolute atomic E-state index is 12.3. The van der Waals surface area contributed by atoms with Gasteiger partial charge in [-0.2, -0.15) is 0 Å². The first-order chi connectivity index (χ1) is 14.3. The van der Waals surface area contributed by atoms with Gasteiger partial charge in [0.25, 0.3) is 0 Å². The van der Waals surface area contributed by atoms with E-state index in [1.165, 1.54) is 0 Å². The van der Waals surface area contributed by atoms with Crippen LogP contribution in [0.3, 0.4) is 0 Å². The Morgan fingerprint density at radius 2 is 1.63 bits per heavy atom. The van der Waals surface area contributed by atoms with Crippen molar-refractivity contribution in [1.29, 1.82) is 0 Å². The van der Waals surface area contributed by atoms with E-state index in [0.717, 1.165) is 24.3 Å². The van der Waals surface area contributed by atoms with Gasteiger partial charge in [0.05, 0.1) is 5.92 Å². The van der Waals surface area contributed by atoms with Gasteiger partial charge in [0, 0.05) is 24.5 Å². The summed E-state index contributed by atoms with van der Waals surface area (Å²) in [5.74, 6) is 0.739. The van der Waals surface area contributed by atoms with E-state index >= 15 is 0 Å². The highest BCUT2D eigenvalue weighted by Gasteiger charge is 2.60. The summed E-state index contributed by atoms with van der Waals surface area (Å²) < 4.78 is 10.8. The molecule has 6 heteroatoms. The number of benzene rings is 2. The monoisotopic (exact) mass is 408 g/mol. The molecule has 0 bridgehead atoms. The van der Waals surface area contributed by atoms with Gasteiger partial charge in [-0.1, -0.05) is 30.3 Å². The number of nitrogens with one attached hydrogen (secondary N) is 1. The smallest absolute Gasteiger partial charge is 0.411 e. The van der Waals surface area contributed by atoms with Crippen LogP contribution in [-0.2, 0) is 20.9 Å². The number of carbonyl (C=O) groups is 2. The molecule has 1 heterocycles. The molecule has 1 aliphatic carbocycles. The molecule has 0 aromatic heterocycles. The predicted octanol–water partition coefficient (Wildman–Crippen LogP) is 4.46. The zero-order valence-corrected chi connectivity index (χ0v) is 17.6. The van der Waals surface area contributed by atoms with E-state index in [2.05, 4.69) is 10.2 Å². The fourth-order valence-electron chi connectivity index (χ4n) is 4.09. The fourth-order valence-corrected chi connectivity index (χ4v) is 4.09. The second-order valence-corrected chi connectivity index (χ2v) is 9.03. The van der Waals surface area contributed by atoms with Crippen molar-refractivity contribution >= 4 is 23.4 Å². The Morgan fingerprint density at radius 1 is 1.00 bits per heavy atom. The van der Waals surface area contributed by atoms with Crippen molar-refractivity contribution in [1.82, 2.24) is 0 Å².